The molecule has 2 nitrogen and oxygen atoms in total. The molecule has 18 heavy (non-hydrogen) atoms. The SMILES string of the molecule is Cc1ccccc1COc1ccc(F)cc1CN. The second kappa shape index (κ2) is 5.65. The highest BCUT2D eigenvalue weighted by molar-refractivity contribution is 5.34. The summed E-state index contributed by atoms with van der Waals surface area (Å²) >= 11 is 0. The highest BCUT2D eigenvalue weighted by Crippen LogP contribution is 2.21. The van der Waals surface area contributed by atoms with Crippen molar-refractivity contribution >= 4 is 0 Å². The molecule has 0 aliphatic heterocycles. The zero-order chi connectivity index (χ0) is 13.0. The molecule has 0 fully saturated rings. The van der Waals surface area contributed by atoms with Crippen LogP contribution in [0.4, 0.5) is 4.39 Å². The lowest BCUT2D eigenvalue weighted by molar-refractivity contribution is 0.301. The zero-order valence-corrected chi connectivity index (χ0v) is 10.3. The first-order valence-corrected chi connectivity index (χ1v) is 5.86. The van der Waals surface area contributed by atoms with Crippen LogP contribution in [0.15, 0.2) is 42.5 Å². The Labute approximate surface area is 106 Å². The Hall–Kier alpha value is -1.87. The van der Waals surface area contributed by atoms with Crippen LogP contribution in [0.2, 0.25) is 0 Å². The summed E-state index contributed by atoms with van der Waals surface area (Å²) in [5.41, 5.74) is 8.55. The molecule has 0 atom stereocenters. The van der Waals surface area contributed by atoms with Crippen LogP contribution in [-0.2, 0) is 13.2 Å². The summed E-state index contributed by atoms with van der Waals surface area (Å²) < 4.78 is 18.8. The average Bonchev–Trinajstić information content (AvgIpc) is 2.39. The highest BCUT2D eigenvalue weighted by atomic mass is 19.1. The Balaban J connectivity index is 2.13. The molecule has 0 unspecified atom stereocenters. The molecule has 0 saturated heterocycles. The van der Waals surface area contributed by atoms with E-state index >= 15 is 0 Å². The minimum Gasteiger partial charge on any atom is -0.489 e. The maximum Gasteiger partial charge on any atom is 0.124 e. The van der Waals surface area contributed by atoms with Crippen molar-refractivity contribution in [2.75, 3.05) is 0 Å². The van der Waals surface area contributed by atoms with Gasteiger partial charge in [0.2, 0.25) is 0 Å². The number of rotatable bonds is 4. The highest BCUT2D eigenvalue weighted by Gasteiger charge is 2.05. The van der Waals surface area contributed by atoms with E-state index in [1.165, 1.54) is 17.7 Å². The van der Waals surface area contributed by atoms with Gasteiger partial charge in [0.15, 0.2) is 0 Å². The van der Waals surface area contributed by atoms with E-state index in [9.17, 15) is 4.39 Å². The monoisotopic (exact) mass is 245 g/mol. The van der Waals surface area contributed by atoms with Gasteiger partial charge < -0.3 is 10.5 Å². The van der Waals surface area contributed by atoms with Crippen LogP contribution in [-0.4, -0.2) is 0 Å². The van der Waals surface area contributed by atoms with E-state index in [4.69, 9.17) is 10.5 Å². The molecule has 0 amide bonds. The third kappa shape index (κ3) is 2.87. The van der Waals surface area contributed by atoms with Crippen LogP contribution in [0.25, 0.3) is 0 Å². The quantitative estimate of drug-likeness (QED) is 0.898. The van der Waals surface area contributed by atoms with E-state index in [0.29, 0.717) is 17.9 Å². The van der Waals surface area contributed by atoms with Crippen molar-refractivity contribution in [3.63, 3.8) is 0 Å². The van der Waals surface area contributed by atoms with Crippen LogP contribution in [0.1, 0.15) is 16.7 Å². The van der Waals surface area contributed by atoms with Gasteiger partial charge >= 0.3 is 0 Å². The predicted molar refractivity (Wildman–Crippen MR) is 69.8 cm³/mol. The lowest BCUT2D eigenvalue weighted by Gasteiger charge is -2.11. The van der Waals surface area contributed by atoms with Crippen LogP contribution in [0, 0.1) is 12.7 Å². The first-order chi connectivity index (χ1) is 8.70. The Morgan fingerprint density at radius 1 is 1.11 bits per heavy atom. The summed E-state index contributed by atoms with van der Waals surface area (Å²) in [7, 11) is 0. The number of ether oxygens (including phenoxy) is 1. The molecule has 2 aromatic rings. The van der Waals surface area contributed by atoms with Gasteiger partial charge in [-0.15, -0.1) is 0 Å². The maximum absolute atomic E-state index is 13.1. The Morgan fingerprint density at radius 3 is 2.61 bits per heavy atom. The van der Waals surface area contributed by atoms with Gasteiger partial charge in [-0.2, -0.15) is 0 Å². The molecule has 0 aliphatic carbocycles. The van der Waals surface area contributed by atoms with Gasteiger partial charge in [0.25, 0.3) is 0 Å². The van der Waals surface area contributed by atoms with E-state index in [0.717, 1.165) is 5.56 Å². The van der Waals surface area contributed by atoms with Crippen molar-refractivity contribution in [3.8, 4) is 5.75 Å². The van der Waals surface area contributed by atoms with Gasteiger partial charge in [0, 0.05) is 12.1 Å². The second-order valence-corrected chi connectivity index (χ2v) is 4.17. The molecule has 94 valence electrons. The van der Waals surface area contributed by atoms with Crippen molar-refractivity contribution in [3.05, 3.63) is 65.0 Å². The van der Waals surface area contributed by atoms with Crippen LogP contribution < -0.4 is 10.5 Å². The number of benzene rings is 2. The van der Waals surface area contributed by atoms with Crippen LogP contribution in [0.5, 0.6) is 5.75 Å². The van der Waals surface area contributed by atoms with Gasteiger partial charge in [-0.1, -0.05) is 24.3 Å². The Kier molecular flexibility index (Phi) is 3.95. The van der Waals surface area contributed by atoms with Crippen molar-refractivity contribution in [1.29, 1.82) is 0 Å². The first kappa shape index (κ1) is 12.6. The van der Waals surface area contributed by atoms with E-state index < -0.39 is 0 Å². The number of aryl methyl sites for hydroxylation is 1. The molecule has 2 N–H and O–H groups in total. The predicted octanol–water partition coefficient (Wildman–Crippen LogP) is 3.17. The summed E-state index contributed by atoms with van der Waals surface area (Å²) in [6, 6.07) is 12.4. The van der Waals surface area contributed by atoms with Gasteiger partial charge in [0.05, 0.1) is 0 Å². The van der Waals surface area contributed by atoms with E-state index in [1.54, 1.807) is 6.07 Å². The molecule has 0 saturated carbocycles. The summed E-state index contributed by atoms with van der Waals surface area (Å²) in [6.07, 6.45) is 0. The van der Waals surface area contributed by atoms with Gasteiger partial charge in [-0.05, 0) is 36.2 Å². The van der Waals surface area contributed by atoms with Crippen LogP contribution in [0.3, 0.4) is 0 Å². The average molecular weight is 245 g/mol. The largest absolute Gasteiger partial charge is 0.489 e. The van der Waals surface area contributed by atoms with Crippen molar-refractivity contribution in [1.82, 2.24) is 0 Å². The first-order valence-electron chi connectivity index (χ1n) is 5.86. The maximum atomic E-state index is 13.1. The fourth-order valence-electron chi connectivity index (χ4n) is 1.78. The third-order valence-electron chi connectivity index (χ3n) is 2.89. The minimum absolute atomic E-state index is 0.265. The molecule has 0 spiro atoms. The third-order valence-corrected chi connectivity index (χ3v) is 2.89. The molecule has 2 aromatic carbocycles. The molecule has 0 aliphatic rings. The number of nitrogens with two attached hydrogens (primary N) is 1. The smallest absolute Gasteiger partial charge is 0.124 e. The number of halogens is 1. The van der Waals surface area contributed by atoms with Crippen molar-refractivity contribution in [2.45, 2.75) is 20.1 Å². The molecule has 0 aromatic heterocycles. The summed E-state index contributed by atoms with van der Waals surface area (Å²) in [4.78, 5) is 0. The summed E-state index contributed by atoms with van der Waals surface area (Å²) in [6.45, 7) is 2.76. The molecular weight excluding hydrogens is 229 g/mol. The molecule has 0 bridgehead atoms. The second-order valence-electron chi connectivity index (χ2n) is 4.17. The van der Waals surface area contributed by atoms with Gasteiger partial charge in [-0.3, -0.25) is 0 Å². The molecule has 2 rings (SSSR count). The molecular formula is C15H16FNO. The number of hydrogen-bond acceptors (Lipinski definition) is 2. The molecule has 0 radical (unpaired) electrons. The normalized spacial score (nSPS) is 10.4. The molecule has 0 heterocycles. The fourth-order valence-corrected chi connectivity index (χ4v) is 1.78. The van der Waals surface area contributed by atoms with E-state index in [-0.39, 0.29) is 12.4 Å². The Bertz CT molecular complexity index is 540. The van der Waals surface area contributed by atoms with Gasteiger partial charge in [0.1, 0.15) is 18.2 Å². The Morgan fingerprint density at radius 2 is 1.89 bits per heavy atom. The standard InChI is InChI=1S/C15H16FNO/c1-11-4-2-3-5-12(11)10-18-15-7-6-14(16)8-13(15)9-17/h2-8H,9-10,17H2,1H3. The topological polar surface area (TPSA) is 35.2 Å². The van der Waals surface area contributed by atoms with E-state index in [2.05, 4.69) is 0 Å². The minimum atomic E-state index is -0.293. The van der Waals surface area contributed by atoms with E-state index in [1.807, 2.05) is 31.2 Å². The van der Waals surface area contributed by atoms with Gasteiger partial charge in [-0.25, -0.2) is 4.39 Å². The molecule has 3 heteroatoms. The van der Waals surface area contributed by atoms with Crippen LogP contribution >= 0.6 is 0 Å². The lowest BCUT2D eigenvalue weighted by Crippen LogP contribution is -2.04. The summed E-state index contributed by atoms with van der Waals surface area (Å²) in [5, 5.41) is 0. The van der Waals surface area contributed by atoms with Crippen molar-refractivity contribution in [2.24, 2.45) is 5.73 Å². The lowest BCUT2D eigenvalue weighted by atomic mass is 10.1. The fraction of sp³-hybridized carbons (Fsp3) is 0.200. The number of hydrogen-bond donors (Lipinski definition) is 1. The summed E-state index contributed by atoms with van der Waals surface area (Å²) in [5.74, 6) is 0.348. The van der Waals surface area contributed by atoms with Crippen molar-refractivity contribution < 1.29 is 9.13 Å². The zero-order valence-electron chi connectivity index (χ0n) is 10.3.